The molecule has 1 spiro atoms. The molecule has 2 aromatic carbocycles. The van der Waals surface area contributed by atoms with Gasteiger partial charge in [-0.25, -0.2) is 4.98 Å². The number of pyridine rings is 1. The van der Waals surface area contributed by atoms with Gasteiger partial charge in [0.05, 0.1) is 0 Å². The fourth-order valence-electron chi connectivity index (χ4n) is 6.21. The third kappa shape index (κ3) is 7.45. The maximum Gasteiger partial charge on any atom is 0.256 e. The van der Waals surface area contributed by atoms with Crippen molar-refractivity contribution in [2.24, 2.45) is 0 Å². The minimum atomic E-state index is -0.760. The molecule has 1 aromatic heterocycles. The van der Waals surface area contributed by atoms with Crippen molar-refractivity contribution >= 4 is 17.7 Å². The van der Waals surface area contributed by atoms with Gasteiger partial charge < -0.3 is 25.2 Å². The van der Waals surface area contributed by atoms with Gasteiger partial charge in [0, 0.05) is 38.9 Å². The van der Waals surface area contributed by atoms with Crippen molar-refractivity contribution in [3.63, 3.8) is 0 Å². The lowest BCUT2D eigenvalue weighted by Crippen LogP contribution is -2.72. The van der Waals surface area contributed by atoms with Crippen LogP contribution in [0.25, 0.3) is 0 Å². The Labute approximate surface area is 260 Å². The number of benzene rings is 2. The van der Waals surface area contributed by atoms with Gasteiger partial charge in [-0.1, -0.05) is 55.5 Å². The Hall–Kier alpha value is -4.24. The molecular weight excluding hydrogens is 554 g/mol. The molecule has 9 nitrogen and oxygen atoms in total. The van der Waals surface area contributed by atoms with Crippen molar-refractivity contribution in [1.82, 2.24) is 25.4 Å². The summed E-state index contributed by atoms with van der Waals surface area (Å²) in [5.41, 5.74) is 0.911. The predicted molar refractivity (Wildman–Crippen MR) is 169 cm³/mol. The van der Waals surface area contributed by atoms with Gasteiger partial charge in [0.25, 0.3) is 5.91 Å². The molecule has 2 aliphatic heterocycles. The van der Waals surface area contributed by atoms with E-state index >= 15 is 0 Å². The van der Waals surface area contributed by atoms with Crippen molar-refractivity contribution in [2.75, 3.05) is 32.7 Å². The lowest BCUT2D eigenvalue weighted by Gasteiger charge is -2.51. The van der Waals surface area contributed by atoms with Crippen LogP contribution in [0.1, 0.15) is 61.4 Å². The molecular formula is C35H43N5O4. The fraction of sp³-hybridized carbons (Fsp3) is 0.429. The van der Waals surface area contributed by atoms with E-state index in [0.29, 0.717) is 56.5 Å². The first-order valence-electron chi connectivity index (χ1n) is 15.8. The summed E-state index contributed by atoms with van der Waals surface area (Å²) in [4.78, 5) is 48.7. The van der Waals surface area contributed by atoms with Crippen LogP contribution in [-0.4, -0.2) is 76.8 Å². The van der Waals surface area contributed by atoms with Crippen LogP contribution in [0.2, 0.25) is 0 Å². The first-order chi connectivity index (χ1) is 21.5. The van der Waals surface area contributed by atoms with Gasteiger partial charge in [-0.05, 0) is 74.8 Å². The molecule has 0 aliphatic carbocycles. The number of hydrogen-bond acceptors (Lipinski definition) is 6. The molecule has 3 aromatic rings. The number of carbonyl (C=O) groups excluding carboxylic acids is 3. The summed E-state index contributed by atoms with van der Waals surface area (Å²) in [6.07, 6.45) is 6.59. The zero-order valence-electron chi connectivity index (χ0n) is 25.5. The van der Waals surface area contributed by atoms with E-state index in [2.05, 4.69) is 51.7 Å². The van der Waals surface area contributed by atoms with Gasteiger partial charge in [-0.2, -0.15) is 0 Å². The molecule has 0 radical (unpaired) electrons. The Balaban J connectivity index is 1.09. The third-order valence-corrected chi connectivity index (χ3v) is 8.68. The number of unbranched alkanes of at least 4 members (excludes halogenated alkanes) is 1. The summed E-state index contributed by atoms with van der Waals surface area (Å²) < 4.78 is 5.82. The smallest absolute Gasteiger partial charge is 0.256 e. The lowest BCUT2D eigenvalue weighted by molar-refractivity contribution is -0.161. The largest absolute Gasteiger partial charge is 0.438 e. The number of rotatable bonds is 13. The monoisotopic (exact) mass is 597 g/mol. The van der Waals surface area contributed by atoms with Gasteiger partial charge in [0.1, 0.15) is 22.9 Å². The Bertz CT molecular complexity index is 1390. The first kappa shape index (κ1) is 31.2. The van der Waals surface area contributed by atoms with Crippen LogP contribution in [-0.2, 0) is 16.0 Å². The average molecular weight is 598 g/mol. The summed E-state index contributed by atoms with van der Waals surface area (Å²) in [7, 11) is 0. The molecule has 2 N–H and O–H groups in total. The SMILES string of the molecule is CCCN1C(=O)[C@H](CCCCNC(=O)c2cccnc2Oc2ccccc2)NC(=O)C12CCN(CCc1ccccc1)CC2. The molecule has 3 amide bonds. The van der Waals surface area contributed by atoms with Crippen molar-refractivity contribution in [3.05, 3.63) is 90.1 Å². The Morgan fingerprint density at radius 2 is 1.70 bits per heavy atom. The maximum absolute atomic E-state index is 13.7. The third-order valence-electron chi connectivity index (χ3n) is 8.68. The summed E-state index contributed by atoms with van der Waals surface area (Å²) >= 11 is 0. The molecule has 2 saturated heterocycles. The number of piperidine rings is 1. The van der Waals surface area contributed by atoms with E-state index in [1.165, 1.54) is 5.56 Å². The summed E-state index contributed by atoms with van der Waals surface area (Å²) in [5.74, 6) is 0.586. The maximum atomic E-state index is 13.7. The van der Waals surface area contributed by atoms with Crippen LogP contribution in [0.4, 0.5) is 0 Å². The molecule has 5 rings (SSSR count). The summed E-state index contributed by atoms with van der Waals surface area (Å²) in [6.45, 7) is 5.62. The van der Waals surface area contributed by atoms with Gasteiger partial charge in [0.2, 0.25) is 17.7 Å². The van der Waals surface area contributed by atoms with E-state index in [0.717, 1.165) is 32.5 Å². The number of likely N-dealkylation sites (tertiary alicyclic amines) is 1. The molecule has 2 fully saturated rings. The molecule has 0 unspecified atom stereocenters. The van der Waals surface area contributed by atoms with Crippen molar-refractivity contribution in [3.8, 4) is 11.6 Å². The highest BCUT2D eigenvalue weighted by Gasteiger charge is 2.53. The minimum absolute atomic E-state index is 0.0194. The second kappa shape index (κ2) is 15.0. The highest BCUT2D eigenvalue weighted by Crippen LogP contribution is 2.34. The quantitative estimate of drug-likeness (QED) is 0.280. The molecule has 9 heteroatoms. The second-order valence-electron chi connectivity index (χ2n) is 11.6. The molecule has 3 heterocycles. The Morgan fingerprint density at radius 3 is 2.43 bits per heavy atom. The van der Waals surface area contributed by atoms with Crippen LogP contribution in [0.5, 0.6) is 11.6 Å². The number of carbonyl (C=O) groups is 3. The van der Waals surface area contributed by atoms with Gasteiger partial charge >= 0.3 is 0 Å². The molecule has 0 bridgehead atoms. The van der Waals surface area contributed by atoms with Crippen LogP contribution < -0.4 is 15.4 Å². The first-order valence-corrected chi connectivity index (χ1v) is 15.8. The zero-order chi connectivity index (χ0) is 30.8. The number of hydrogen-bond donors (Lipinski definition) is 2. The molecule has 1 atom stereocenters. The predicted octanol–water partition coefficient (Wildman–Crippen LogP) is 4.59. The van der Waals surface area contributed by atoms with Gasteiger partial charge in [-0.15, -0.1) is 0 Å². The Morgan fingerprint density at radius 1 is 0.977 bits per heavy atom. The standard InChI is InChI=1S/C35H43N5O4/c1-2-23-40-33(42)30(38-34(43)35(40)19-25-39(26-20-35)24-18-27-12-5-3-6-13-27)17-9-10-21-36-31(41)29-16-11-22-37-32(29)44-28-14-7-4-8-15-28/h3-8,11-16,22,30H,2,9-10,17-21,23-26H2,1H3,(H,36,41)(H,38,43)/t30-/m0/s1. The number of amides is 3. The van der Waals surface area contributed by atoms with Crippen LogP contribution in [0.15, 0.2) is 79.0 Å². The Kier molecular flexibility index (Phi) is 10.6. The van der Waals surface area contributed by atoms with Crippen LogP contribution >= 0.6 is 0 Å². The van der Waals surface area contributed by atoms with E-state index < -0.39 is 11.6 Å². The average Bonchev–Trinajstić information content (AvgIpc) is 3.06. The number of para-hydroxylation sites is 1. The van der Waals surface area contributed by atoms with Gasteiger partial charge in [-0.3, -0.25) is 14.4 Å². The van der Waals surface area contributed by atoms with Crippen LogP contribution in [0, 0.1) is 0 Å². The number of nitrogens with zero attached hydrogens (tertiary/aromatic N) is 3. The number of nitrogens with one attached hydrogen (secondary N) is 2. The minimum Gasteiger partial charge on any atom is -0.438 e. The topological polar surface area (TPSA) is 104 Å². The highest BCUT2D eigenvalue weighted by atomic mass is 16.5. The van der Waals surface area contributed by atoms with E-state index in [4.69, 9.17) is 4.74 Å². The molecule has 44 heavy (non-hydrogen) atoms. The van der Waals surface area contributed by atoms with Crippen molar-refractivity contribution in [1.29, 1.82) is 0 Å². The number of ether oxygens (including phenoxy) is 1. The molecule has 0 saturated carbocycles. The van der Waals surface area contributed by atoms with Gasteiger partial charge in [0.15, 0.2) is 0 Å². The number of piperazine rings is 1. The van der Waals surface area contributed by atoms with Crippen molar-refractivity contribution < 1.29 is 19.1 Å². The zero-order valence-corrected chi connectivity index (χ0v) is 25.5. The van der Waals surface area contributed by atoms with E-state index in [-0.39, 0.29) is 23.6 Å². The normalized spacial score (nSPS) is 18.2. The number of aromatic nitrogens is 1. The molecule has 232 valence electrons. The molecule has 2 aliphatic rings. The van der Waals surface area contributed by atoms with E-state index in [9.17, 15) is 14.4 Å². The van der Waals surface area contributed by atoms with Crippen molar-refractivity contribution in [2.45, 2.75) is 63.5 Å². The van der Waals surface area contributed by atoms with Crippen LogP contribution in [0.3, 0.4) is 0 Å². The summed E-state index contributed by atoms with van der Waals surface area (Å²) in [6, 6.07) is 22.5. The van der Waals surface area contributed by atoms with E-state index in [1.807, 2.05) is 29.2 Å². The highest BCUT2D eigenvalue weighted by molar-refractivity contribution is 6.00. The summed E-state index contributed by atoms with van der Waals surface area (Å²) in [5, 5.41) is 6.02. The lowest BCUT2D eigenvalue weighted by atomic mass is 9.81. The fourth-order valence-corrected chi connectivity index (χ4v) is 6.21. The van der Waals surface area contributed by atoms with E-state index in [1.54, 1.807) is 30.5 Å². The second-order valence-corrected chi connectivity index (χ2v) is 11.6.